The van der Waals surface area contributed by atoms with Gasteiger partial charge in [-0.15, -0.1) is 0 Å². The van der Waals surface area contributed by atoms with Crippen molar-refractivity contribution in [2.24, 2.45) is 0 Å². The van der Waals surface area contributed by atoms with Crippen molar-refractivity contribution in [1.82, 2.24) is 10.2 Å². The van der Waals surface area contributed by atoms with Crippen LogP contribution in [-0.4, -0.2) is 48.1 Å². The van der Waals surface area contributed by atoms with E-state index in [1.807, 2.05) is 0 Å². The number of hydrogen-bond acceptors (Lipinski definition) is 4. The fourth-order valence-corrected chi connectivity index (χ4v) is 2.92. The van der Waals surface area contributed by atoms with Gasteiger partial charge in [0.15, 0.2) is 5.11 Å². The summed E-state index contributed by atoms with van der Waals surface area (Å²) in [6.45, 7) is 2.32. The van der Waals surface area contributed by atoms with Crippen LogP contribution in [-0.2, 0) is 4.74 Å². The van der Waals surface area contributed by atoms with Gasteiger partial charge in [-0.05, 0) is 60.7 Å². The van der Waals surface area contributed by atoms with Crippen LogP contribution in [0.2, 0.25) is 5.02 Å². The number of ether oxygens (including phenoxy) is 1. The fraction of sp³-hybridized carbons (Fsp3) is 0.211. The molecule has 2 N–H and O–H groups in total. The maximum absolute atomic E-state index is 12.4. The number of nitrogens with one attached hydrogen (secondary N) is 2. The van der Waals surface area contributed by atoms with E-state index in [9.17, 15) is 9.59 Å². The van der Waals surface area contributed by atoms with Gasteiger partial charge in [-0.25, -0.2) is 0 Å². The van der Waals surface area contributed by atoms with E-state index in [1.54, 1.807) is 53.4 Å². The van der Waals surface area contributed by atoms with Crippen LogP contribution in [0.5, 0.6) is 0 Å². The Kier molecular flexibility index (Phi) is 6.39. The molecule has 1 aliphatic heterocycles. The molecule has 0 aliphatic carbocycles. The number of nitrogens with zero attached hydrogens (tertiary/aromatic N) is 1. The molecular formula is C19H18ClN3O3S. The molecule has 0 saturated carbocycles. The zero-order valence-corrected chi connectivity index (χ0v) is 16.0. The summed E-state index contributed by atoms with van der Waals surface area (Å²) in [7, 11) is 0. The molecule has 2 aromatic carbocycles. The summed E-state index contributed by atoms with van der Waals surface area (Å²) in [5.41, 5.74) is 1.73. The minimum Gasteiger partial charge on any atom is -0.378 e. The van der Waals surface area contributed by atoms with Crippen LogP contribution < -0.4 is 10.6 Å². The minimum absolute atomic E-state index is 0.0246. The van der Waals surface area contributed by atoms with Crippen LogP contribution in [0.4, 0.5) is 5.69 Å². The highest BCUT2D eigenvalue weighted by atomic mass is 35.5. The van der Waals surface area contributed by atoms with E-state index >= 15 is 0 Å². The summed E-state index contributed by atoms with van der Waals surface area (Å²) in [6, 6.07) is 13.4. The van der Waals surface area contributed by atoms with Crippen LogP contribution in [0.15, 0.2) is 48.5 Å². The molecule has 1 fully saturated rings. The lowest BCUT2D eigenvalue weighted by Crippen LogP contribution is -2.40. The topological polar surface area (TPSA) is 70.7 Å². The maximum atomic E-state index is 12.4. The molecule has 2 amide bonds. The van der Waals surface area contributed by atoms with Gasteiger partial charge in [0.05, 0.1) is 13.2 Å². The molecule has 1 saturated heterocycles. The average molecular weight is 404 g/mol. The van der Waals surface area contributed by atoms with Crippen molar-refractivity contribution in [3.63, 3.8) is 0 Å². The van der Waals surface area contributed by atoms with Gasteiger partial charge in [-0.3, -0.25) is 14.9 Å². The molecule has 0 unspecified atom stereocenters. The first-order valence-corrected chi connectivity index (χ1v) is 9.16. The molecule has 1 heterocycles. The average Bonchev–Trinajstić information content (AvgIpc) is 2.69. The third kappa shape index (κ3) is 5.26. The summed E-state index contributed by atoms with van der Waals surface area (Å²) in [4.78, 5) is 26.3. The van der Waals surface area contributed by atoms with Gasteiger partial charge in [-0.1, -0.05) is 11.6 Å². The Bertz CT molecular complexity index is 834. The Labute approximate surface area is 167 Å². The fourth-order valence-electron chi connectivity index (χ4n) is 2.58. The Morgan fingerprint density at radius 2 is 1.56 bits per heavy atom. The molecule has 2 aromatic rings. The number of rotatable bonds is 3. The molecule has 8 heteroatoms. The van der Waals surface area contributed by atoms with Crippen molar-refractivity contribution in [3.05, 3.63) is 64.7 Å². The van der Waals surface area contributed by atoms with Crippen LogP contribution in [0.3, 0.4) is 0 Å². The maximum Gasteiger partial charge on any atom is 0.257 e. The van der Waals surface area contributed by atoms with Gasteiger partial charge in [0.2, 0.25) is 0 Å². The van der Waals surface area contributed by atoms with E-state index in [4.69, 9.17) is 28.6 Å². The number of anilines is 1. The zero-order valence-electron chi connectivity index (χ0n) is 14.4. The first-order chi connectivity index (χ1) is 13.0. The van der Waals surface area contributed by atoms with Crippen molar-refractivity contribution in [2.45, 2.75) is 0 Å². The predicted molar refractivity (Wildman–Crippen MR) is 108 cm³/mol. The number of amides is 2. The molecule has 0 spiro atoms. The molecule has 0 aromatic heterocycles. The largest absolute Gasteiger partial charge is 0.378 e. The second-order valence-corrected chi connectivity index (χ2v) is 6.74. The van der Waals surface area contributed by atoms with Gasteiger partial charge < -0.3 is 15.0 Å². The van der Waals surface area contributed by atoms with Gasteiger partial charge in [0, 0.05) is 34.9 Å². The Morgan fingerprint density at radius 1 is 0.963 bits per heavy atom. The summed E-state index contributed by atoms with van der Waals surface area (Å²) < 4.78 is 5.26. The predicted octanol–water partition coefficient (Wildman–Crippen LogP) is 2.94. The molecule has 0 bridgehead atoms. The first kappa shape index (κ1) is 19.3. The third-order valence-corrected chi connectivity index (χ3v) is 4.48. The second-order valence-electron chi connectivity index (χ2n) is 5.90. The number of halogens is 1. The summed E-state index contributed by atoms with van der Waals surface area (Å²) in [5, 5.41) is 6.25. The molecule has 0 radical (unpaired) electrons. The normalized spacial score (nSPS) is 13.7. The molecule has 1 aliphatic rings. The summed E-state index contributed by atoms with van der Waals surface area (Å²) >= 11 is 11.0. The van der Waals surface area contributed by atoms with Crippen LogP contribution in [0.1, 0.15) is 20.7 Å². The van der Waals surface area contributed by atoms with E-state index in [1.165, 1.54) is 0 Å². The highest BCUT2D eigenvalue weighted by molar-refractivity contribution is 7.80. The van der Waals surface area contributed by atoms with Crippen LogP contribution in [0.25, 0.3) is 0 Å². The molecule has 27 heavy (non-hydrogen) atoms. The monoisotopic (exact) mass is 403 g/mol. The van der Waals surface area contributed by atoms with Crippen molar-refractivity contribution < 1.29 is 14.3 Å². The quantitative estimate of drug-likeness (QED) is 0.771. The van der Waals surface area contributed by atoms with E-state index < -0.39 is 0 Å². The van der Waals surface area contributed by atoms with Crippen molar-refractivity contribution in [3.8, 4) is 0 Å². The Morgan fingerprint density at radius 3 is 2.19 bits per heavy atom. The van der Waals surface area contributed by atoms with Crippen molar-refractivity contribution >= 4 is 46.4 Å². The Hall–Kier alpha value is -2.48. The van der Waals surface area contributed by atoms with E-state index in [2.05, 4.69) is 10.6 Å². The van der Waals surface area contributed by atoms with Gasteiger partial charge >= 0.3 is 0 Å². The lowest BCUT2D eigenvalue weighted by Gasteiger charge is -2.26. The number of thiocarbonyl (C=S) groups is 1. The number of morpholine rings is 1. The number of hydrogen-bond donors (Lipinski definition) is 2. The highest BCUT2D eigenvalue weighted by Gasteiger charge is 2.18. The third-order valence-electron chi connectivity index (χ3n) is 4.02. The van der Waals surface area contributed by atoms with E-state index in [0.29, 0.717) is 48.1 Å². The standard InChI is InChI=1S/C19H18ClN3O3S/c20-15-5-1-13(2-6-15)17(24)22-19(27)21-16-7-3-14(4-8-16)18(25)23-9-11-26-12-10-23/h1-8H,9-12H2,(H2,21,22,24,27). The highest BCUT2D eigenvalue weighted by Crippen LogP contribution is 2.13. The second kappa shape index (κ2) is 8.94. The smallest absolute Gasteiger partial charge is 0.257 e. The zero-order chi connectivity index (χ0) is 19.2. The number of carbonyl (C=O) groups excluding carboxylic acids is 2. The summed E-state index contributed by atoms with van der Waals surface area (Å²) in [5.74, 6) is -0.355. The molecule has 6 nitrogen and oxygen atoms in total. The van der Waals surface area contributed by atoms with Crippen molar-refractivity contribution in [2.75, 3.05) is 31.6 Å². The van der Waals surface area contributed by atoms with Crippen molar-refractivity contribution in [1.29, 1.82) is 0 Å². The van der Waals surface area contributed by atoms with Crippen LogP contribution >= 0.6 is 23.8 Å². The lowest BCUT2D eigenvalue weighted by atomic mass is 10.1. The Balaban J connectivity index is 1.55. The van der Waals surface area contributed by atoms with Gasteiger partial charge in [0.1, 0.15) is 0 Å². The number of carbonyl (C=O) groups is 2. The molecule has 3 rings (SSSR count). The minimum atomic E-state index is -0.330. The SMILES string of the molecule is O=C(NC(=S)Nc1ccc(C(=O)N2CCOCC2)cc1)c1ccc(Cl)cc1. The van der Waals surface area contributed by atoms with Gasteiger partial charge in [-0.2, -0.15) is 0 Å². The van der Waals surface area contributed by atoms with E-state index in [-0.39, 0.29) is 16.9 Å². The van der Waals surface area contributed by atoms with E-state index in [0.717, 1.165) is 0 Å². The number of benzene rings is 2. The summed E-state index contributed by atoms with van der Waals surface area (Å²) in [6.07, 6.45) is 0. The van der Waals surface area contributed by atoms with Gasteiger partial charge in [0.25, 0.3) is 11.8 Å². The first-order valence-electron chi connectivity index (χ1n) is 8.38. The lowest BCUT2D eigenvalue weighted by molar-refractivity contribution is 0.0303. The molecule has 140 valence electrons. The molecular weight excluding hydrogens is 386 g/mol. The molecule has 0 atom stereocenters. The van der Waals surface area contributed by atoms with Crippen LogP contribution in [0, 0.1) is 0 Å².